The first-order valence-electron chi connectivity index (χ1n) is 8.69. The topological polar surface area (TPSA) is 110 Å². The molecule has 0 aromatic heterocycles. The monoisotopic (exact) mass is 399 g/mol. The number of nitrogens with zero attached hydrogens (tertiary/aromatic N) is 1. The van der Waals surface area contributed by atoms with Crippen molar-refractivity contribution in [2.24, 2.45) is 5.92 Å². The summed E-state index contributed by atoms with van der Waals surface area (Å²) in [6.45, 7) is 1.47. The third-order valence-electron chi connectivity index (χ3n) is 4.81. The summed E-state index contributed by atoms with van der Waals surface area (Å²) < 4.78 is 37.3. The summed E-state index contributed by atoms with van der Waals surface area (Å²) in [6.07, 6.45) is 2.86. The molecule has 0 amide bonds. The molecule has 8 nitrogen and oxygen atoms in total. The minimum atomic E-state index is -4.17. The number of rotatable bonds is 8. The summed E-state index contributed by atoms with van der Waals surface area (Å²) in [4.78, 5) is 23.6. The van der Waals surface area contributed by atoms with Crippen LogP contribution in [0.5, 0.6) is 0 Å². The Kier molecular flexibility index (Phi) is 6.96. The number of hydrogen-bond donors (Lipinski definition) is 1. The fourth-order valence-corrected chi connectivity index (χ4v) is 4.83. The van der Waals surface area contributed by atoms with Crippen LogP contribution in [0.3, 0.4) is 0 Å². The van der Waals surface area contributed by atoms with Crippen molar-refractivity contribution >= 4 is 22.0 Å². The van der Waals surface area contributed by atoms with Gasteiger partial charge in [0, 0.05) is 12.6 Å². The highest BCUT2D eigenvalue weighted by atomic mass is 32.2. The van der Waals surface area contributed by atoms with Crippen LogP contribution >= 0.6 is 0 Å². The van der Waals surface area contributed by atoms with E-state index in [0.717, 1.165) is 32.4 Å². The van der Waals surface area contributed by atoms with Gasteiger partial charge in [-0.2, -0.15) is 4.31 Å². The van der Waals surface area contributed by atoms with Crippen molar-refractivity contribution in [3.8, 4) is 0 Å². The minimum absolute atomic E-state index is 0.00368. The van der Waals surface area contributed by atoms with Crippen LogP contribution in [-0.2, 0) is 19.5 Å². The molecule has 1 aliphatic carbocycles. The smallest absolute Gasteiger partial charge is 0.339 e. The maximum atomic E-state index is 13.4. The van der Waals surface area contributed by atoms with Crippen LogP contribution < -0.4 is 0 Å². The number of esters is 2. The van der Waals surface area contributed by atoms with E-state index in [1.807, 2.05) is 0 Å². The van der Waals surface area contributed by atoms with E-state index in [4.69, 9.17) is 4.74 Å². The number of sulfonamides is 1. The van der Waals surface area contributed by atoms with Crippen LogP contribution in [0, 0.1) is 5.92 Å². The van der Waals surface area contributed by atoms with Crippen molar-refractivity contribution < 1.29 is 32.6 Å². The summed E-state index contributed by atoms with van der Waals surface area (Å²) in [7, 11) is -1.84. The number of ether oxygens (including phenoxy) is 2. The van der Waals surface area contributed by atoms with Crippen molar-refractivity contribution in [1.82, 2.24) is 4.31 Å². The van der Waals surface area contributed by atoms with Gasteiger partial charge >= 0.3 is 11.9 Å². The number of carbonyl (C=O) groups is 2. The molecule has 1 N–H and O–H groups in total. The van der Waals surface area contributed by atoms with Crippen LogP contribution in [0.1, 0.15) is 46.9 Å². The van der Waals surface area contributed by atoms with Gasteiger partial charge < -0.3 is 14.6 Å². The van der Waals surface area contributed by atoms with E-state index in [0.29, 0.717) is 0 Å². The van der Waals surface area contributed by atoms with E-state index in [9.17, 15) is 23.1 Å². The summed E-state index contributed by atoms with van der Waals surface area (Å²) in [5.74, 6) is -1.34. The molecule has 0 spiro atoms. The number of methoxy groups -OCH3 is 2. The fourth-order valence-electron chi connectivity index (χ4n) is 2.92. The van der Waals surface area contributed by atoms with Gasteiger partial charge in [0.05, 0.1) is 36.8 Å². The van der Waals surface area contributed by atoms with Gasteiger partial charge in [-0.05, 0) is 43.9 Å². The Balaban J connectivity index is 2.57. The van der Waals surface area contributed by atoms with Gasteiger partial charge in [0.2, 0.25) is 10.0 Å². The molecule has 9 heteroatoms. The van der Waals surface area contributed by atoms with E-state index in [2.05, 4.69) is 4.74 Å². The second-order valence-corrected chi connectivity index (χ2v) is 8.46. The van der Waals surface area contributed by atoms with Crippen LogP contribution in [0.15, 0.2) is 23.1 Å². The molecule has 1 saturated carbocycles. The molecule has 0 bridgehead atoms. The summed E-state index contributed by atoms with van der Waals surface area (Å²) in [5, 5.41) is 9.55. The van der Waals surface area contributed by atoms with Crippen molar-refractivity contribution in [1.29, 1.82) is 0 Å². The molecule has 1 aromatic carbocycles. The molecular weight excluding hydrogens is 374 g/mol. The second-order valence-electron chi connectivity index (χ2n) is 6.60. The predicted molar refractivity (Wildman–Crippen MR) is 96.9 cm³/mol. The summed E-state index contributed by atoms with van der Waals surface area (Å²) in [6, 6.07) is 2.98. The van der Waals surface area contributed by atoms with E-state index in [-0.39, 0.29) is 35.1 Å². The number of aliphatic hydroxyl groups is 1. The van der Waals surface area contributed by atoms with E-state index in [1.165, 1.54) is 23.5 Å². The molecule has 1 fully saturated rings. The molecule has 2 rings (SSSR count). The molecule has 1 aromatic rings. The van der Waals surface area contributed by atoms with Crippen molar-refractivity contribution in [3.05, 3.63) is 29.3 Å². The van der Waals surface area contributed by atoms with Gasteiger partial charge in [-0.3, -0.25) is 0 Å². The molecule has 0 radical (unpaired) electrons. The average Bonchev–Trinajstić information content (AvgIpc) is 2.64. The fraction of sp³-hybridized carbons (Fsp3) is 0.556. The van der Waals surface area contributed by atoms with Crippen molar-refractivity contribution in [3.63, 3.8) is 0 Å². The van der Waals surface area contributed by atoms with Crippen LogP contribution in [0.4, 0.5) is 0 Å². The highest BCUT2D eigenvalue weighted by Gasteiger charge is 2.36. The zero-order chi connectivity index (χ0) is 20.2. The van der Waals surface area contributed by atoms with Gasteiger partial charge in [-0.15, -0.1) is 0 Å². The lowest BCUT2D eigenvalue weighted by atomic mass is 9.85. The Morgan fingerprint density at radius 3 is 2.33 bits per heavy atom. The quantitative estimate of drug-likeness (QED) is 0.659. The Labute approximate surface area is 159 Å². The first-order valence-corrected chi connectivity index (χ1v) is 10.1. The Morgan fingerprint density at radius 1 is 1.22 bits per heavy atom. The highest BCUT2D eigenvalue weighted by molar-refractivity contribution is 7.89. The lowest BCUT2D eigenvalue weighted by Crippen LogP contribution is -2.45. The zero-order valence-electron chi connectivity index (χ0n) is 15.7. The molecule has 150 valence electrons. The first-order chi connectivity index (χ1) is 12.8. The van der Waals surface area contributed by atoms with E-state index >= 15 is 0 Å². The minimum Gasteiger partial charge on any atom is -0.465 e. The van der Waals surface area contributed by atoms with Crippen LogP contribution in [0.25, 0.3) is 0 Å². The third-order valence-corrected chi connectivity index (χ3v) is 6.83. The molecule has 1 unspecified atom stereocenters. The Bertz CT molecular complexity index is 802. The maximum absolute atomic E-state index is 13.4. The molecule has 27 heavy (non-hydrogen) atoms. The summed E-state index contributed by atoms with van der Waals surface area (Å²) >= 11 is 0. The standard InChI is InChI=1S/C18H25NO7S/c1-12(11-20)19(10-13-5-4-6-13)27(23,24)16-9-14(17(21)25-2)7-8-15(16)18(22)26-3/h7-9,12-13,20H,4-6,10-11H2,1-3H3. The molecule has 0 heterocycles. The zero-order valence-corrected chi connectivity index (χ0v) is 16.5. The Morgan fingerprint density at radius 2 is 1.85 bits per heavy atom. The molecular formula is C18H25NO7S. The van der Waals surface area contributed by atoms with Crippen molar-refractivity contribution in [2.75, 3.05) is 27.4 Å². The van der Waals surface area contributed by atoms with Gasteiger partial charge in [0.25, 0.3) is 0 Å². The normalized spacial score (nSPS) is 15.9. The lowest BCUT2D eigenvalue weighted by Gasteiger charge is -2.34. The predicted octanol–water partition coefficient (Wildman–Crippen LogP) is 1.43. The number of hydrogen-bond acceptors (Lipinski definition) is 7. The number of aliphatic hydroxyl groups excluding tert-OH is 1. The van der Waals surface area contributed by atoms with Gasteiger partial charge in [0.15, 0.2) is 0 Å². The third kappa shape index (κ3) is 4.48. The van der Waals surface area contributed by atoms with Crippen molar-refractivity contribution in [2.45, 2.75) is 37.1 Å². The molecule has 1 atom stereocenters. The lowest BCUT2D eigenvalue weighted by molar-refractivity contribution is 0.0583. The largest absolute Gasteiger partial charge is 0.465 e. The SMILES string of the molecule is COC(=O)c1ccc(C(=O)OC)c(S(=O)(=O)N(CC2CCC2)C(C)CO)c1. The number of carbonyl (C=O) groups excluding carboxylic acids is 2. The van der Waals surface area contributed by atoms with Crippen LogP contribution in [0.2, 0.25) is 0 Å². The summed E-state index contributed by atoms with van der Waals surface area (Å²) in [5.41, 5.74) is -0.169. The first kappa shape index (κ1) is 21.3. The molecule has 0 saturated heterocycles. The second kappa shape index (κ2) is 8.81. The van der Waals surface area contributed by atoms with E-state index in [1.54, 1.807) is 6.92 Å². The maximum Gasteiger partial charge on any atom is 0.339 e. The molecule has 1 aliphatic rings. The van der Waals surface area contributed by atoms with Gasteiger partial charge in [-0.25, -0.2) is 18.0 Å². The van der Waals surface area contributed by atoms with Gasteiger partial charge in [-0.1, -0.05) is 6.42 Å². The average molecular weight is 399 g/mol. The molecule has 0 aliphatic heterocycles. The Hall–Kier alpha value is -1.97. The van der Waals surface area contributed by atoms with E-state index < -0.39 is 28.0 Å². The number of benzene rings is 1. The highest BCUT2D eigenvalue weighted by Crippen LogP contribution is 2.31. The van der Waals surface area contributed by atoms with Crippen LogP contribution in [-0.4, -0.2) is 63.2 Å². The van der Waals surface area contributed by atoms with Gasteiger partial charge in [0.1, 0.15) is 0 Å².